The molecule has 30 heavy (non-hydrogen) atoms. The first-order chi connectivity index (χ1) is 14.6. The zero-order valence-corrected chi connectivity index (χ0v) is 18.5. The summed E-state index contributed by atoms with van der Waals surface area (Å²) in [5.41, 5.74) is 2.03. The first-order valence-corrected chi connectivity index (χ1v) is 11.3. The van der Waals surface area contributed by atoms with E-state index in [2.05, 4.69) is 55.7 Å². The molecular formula is C23H27BrN4O2. The number of hydrogen-bond acceptors (Lipinski definition) is 3. The van der Waals surface area contributed by atoms with E-state index in [-0.39, 0.29) is 18.0 Å². The fourth-order valence-corrected chi connectivity index (χ4v) is 4.55. The maximum absolute atomic E-state index is 12.9. The quantitative estimate of drug-likeness (QED) is 0.697. The molecule has 2 N–H and O–H groups in total. The number of carbonyl (C=O) groups is 2. The number of likely N-dealkylation sites (tertiary alicyclic amines) is 2. The molecule has 7 heteroatoms. The third-order valence-electron chi connectivity index (χ3n) is 5.89. The summed E-state index contributed by atoms with van der Waals surface area (Å²) in [5, 5.41) is 5.63. The van der Waals surface area contributed by atoms with E-state index in [1.807, 2.05) is 35.2 Å². The summed E-state index contributed by atoms with van der Waals surface area (Å²) >= 11 is 3.37. The van der Waals surface area contributed by atoms with Crippen molar-refractivity contribution in [1.82, 2.24) is 15.1 Å². The van der Waals surface area contributed by atoms with Gasteiger partial charge < -0.3 is 15.5 Å². The van der Waals surface area contributed by atoms with Crippen LogP contribution in [-0.2, 0) is 11.3 Å². The van der Waals surface area contributed by atoms with Crippen LogP contribution in [0.15, 0.2) is 59.1 Å². The summed E-state index contributed by atoms with van der Waals surface area (Å²) in [6.07, 6.45) is 2.63. The molecule has 3 amide bonds. The van der Waals surface area contributed by atoms with Crippen LogP contribution in [-0.4, -0.2) is 53.5 Å². The van der Waals surface area contributed by atoms with Crippen molar-refractivity contribution < 1.29 is 9.59 Å². The molecule has 2 aromatic rings. The molecule has 4 rings (SSSR count). The number of anilines is 1. The maximum atomic E-state index is 12.9. The first kappa shape index (κ1) is 20.9. The zero-order valence-electron chi connectivity index (χ0n) is 16.9. The number of hydrogen-bond donors (Lipinski definition) is 2. The minimum Gasteiger partial charge on any atom is -0.338 e. The van der Waals surface area contributed by atoms with Crippen LogP contribution >= 0.6 is 15.9 Å². The molecule has 2 aliphatic rings. The number of nitrogens with zero attached hydrogens (tertiary/aromatic N) is 2. The molecule has 2 aromatic carbocycles. The minimum absolute atomic E-state index is 0.0439. The number of benzene rings is 2. The Bertz CT molecular complexity index is 867. The standard InChI is InChI=1S/C23H27BrN4O2/c24-18-6-8-19(9-7-18)25-23(30)26-21-12-15-28(22(21)29)20-10-13-27(14-11-20)16-17-4-2-1-3-5-17/h1-9,20-21H,10-16H2,(H2,25,26,30). The molecule has 0 spiro atoms. The second kappa shape index (κ2) is 9.62. The fourth-order valence-electron chi connectivity index (χ4n) is 4.29. The van der Waals surface area contributed by atoms with Crippen LogP contribution in [0, 0.1) is 0 Å². The highest BCUT2D eigenvalue weighted by molar-refractivity contribution is 9.10. The molecule has 0 bridgehead atoms. The van der Waals surface area contributed by atoms with Crippen molar-refractivity contribution in [3.8, 4) is 0 Å². The first-order valence-electron chi connectivity index (χ1n) is 10.5. The van der Waals surface area contributed by atoms with Crippen molar-refractivity contribution in [3.05, 3.63) is 64.6 Å². The Balaban J connectivity index is 1.24. The summed E-state index contributed by atoms with van der Waals surface area (Å²) in [4.78, 5) is 29.6. The van der Waals surface area contributed by atoms with Crippen molar-refractivity contribution in [2.45, 2.75) is 37.9 Å². The van der Waals surface area contributed by atoms with Crippen molar-refractivity contribution in [1.29, 1.82) is 0 Å². The average Bonchev–Trinajstić information content (AvgIpc) is 3.11. The SMILES string of the molecule is O=C(Nc1ccc(Br)cc1)NC1CCN(C2CCN(Cc3ccccc3)CC2)C1=O. The van der Waals surface area contributed by atoms with Gasteiger partial charge in [-0.05, 0) is 49.1 Å². The number of carbonyl (C=O) groups excluding carboxylic acids is 2. The molecule has 1 atom stereocenters. The molecule has 0 radical (unpaired) electrons. The van der Waals surface area contributed by atoms with Gasteiger partial charge in [0.05, 0.1) is 0 Å². The molecule has 2 aliphatic heterocycles. The molecule has 2 fully saturated rings. The van der Waals surface area contributed by atoms with Gasteiger partial charge in [0.1, 0.15) is 6.04 Å². The van der Waals surface area contributed by atoms with Gasteiger partial charge in [-0.2, -0.15) is 0 Å². The smallest absolute Gasteiger partial charge is 0.319 e. The third kappa shape index (κ3) is 5.21. The van der Waals surface area contributed by atoms with E-state index in [9.17, 15) is 9.59 Å². The molecule has 0 aliphatic carbocycles. The number of halogens is 1. The van der Waals surface area contributed by atoms with Crippen molar-refractivity contribution in [2.24, 2.45) is 0 Å². The van der Waals surface area contributed by atoms with E-state index in [0.29, 0.717) is 18.7 Å². The summed E-state index contributed by atoms with van der Waals surface area (Å²) in [7, 11) is 0. The van der Waals surface area contributed by atoms with Crippen LogP contribution in [0.3, 0.4) is 0 Å². The normalized spacial score (nSPS) is 20.4. The molecule has 0 aromatic heterocycles. The van der Waals surface area contributed by atoms with Crippen molar-refractivity contribution in [2.75, 3.05) is 25.0 Å². The lowest BCUT2D eigenvalue weighted by Gasteiger charge is -2.36. The number of nitrogens with one attached hydrogen (secondary N) is 2. The van der Waals surface area contributed by atoms with Crippen molar-refractivity contribution in [3.63, 3.8) is 0 Å². The van der Waals surface area contributed by atoms with Gasteiger partial charge >= 0.3 is 6.03 Å². The average molecular weight is 471 g/mol. The van der Waals surface area contributed by atoms with Crippen LogP contribution in [0.1, 0.15) is 24.8 Å². The van der Waals surface area contributed by atoms with E-state index in [1.54, 1.807) is 0 Å². The Morgan fingerprint density at radius 1 is 0.967 bits per heavy atom. The molecule has 6 nitrogen and oxygen atoms in total. The van der Waals surface area contributed by atoms with Gasteiger partial charge in [-0.3, -0.25) is 9.69 Å². The molecule has 1 unspecified atom stereocenters. The van der Waals surface area contributed by atoms with Gasteiger partial charge in [0.15, 0.2) is 0 Å². The van der Waals surface area contributed by atoms with Gasteiger partial charge in [0, 0.05) is 42.4 Å². The Morgan fingerprint density at radius 2 is 1.67 bits per heavy atom. The van der Waals surface area contributed by atoms with Gasteiger partial charge in [-0.1, -0.05) is 46.3 Å². The van der Waals surface area contributed by atoms with E-state index in [0.717, 1.165) is 36.9 Å². The topological polar surface area (TPSA) is 64.7 Å². The van der Waals surface area contributed by atoms with Gasteiger partial charge in [-0.25, -0.2) is 4.79 Å². The van der Waals surface area contributed by atoms with Crippen LogP contribution < -0.4 is 10.6 Å². The fraction of sp³-hybridized carbons (Fsp3) is 0.391. The Hall–Kier alpha value is -2.38. The van der Waals surface area contributed by atoms with Crippen LogP contribution in [0.5, 0.6) is 0 Å². The Morgan fingerprint density at radius 3 is 2.37 bits per heavy atom. The largest absolute Gasteiger partial charge is 0.338 e. The van der Waals surface area contributed by atoms with Crippen LogP contribution in [0.4, 0.5) is 10.5 Å². The minimum atomic E-state index is -0.442. The molecule has 2 heterocycles. The predicted octanol–water partition coefficient (Wildman–Crippen LogP) is 3.84. The second-order valence-electron chi connectivity index (χ2n) is 7.97. The lowest BCUT2D eigenvalue weighted by Crippen LogP contribution is -2.49. The van der Waals surface area contributed by atoms with E-state index < -0.39 is 6.04 Å². The summed E-state index contributed by atoms with van der Waals surface area (Å²) < 4.78 is 0.949. The highest BCUT2D eigenvalue weighted by Crippen LogP contribution is 2.23. The summed E-state index contributed by atoms with van der Waals surface area (Å²) in [6, 6.07) is 17.4. The number of amides is 3. The van der Waals surface area contributed by atoms with Gasteiger partial charge in [0.2, 0.25) is 5.91 Å². The molecule has 158 valence electrons. The highest BCUT2D eigenvalue weighted by Gasteiger charge is 2.37. The zero-order chi connectivity index (χ0) is 20.9. The number of piperidine rings is 1. The number of rotatable bonds is 5. The lowest BCUT2D eigenvalue weighted by atomic mass is 10.0. The Kier molecular flexibility index (Phi) is 6.69. The Labute approximate surface area is 185 Å². The van der Waals surface area contributed by atoms with E-state index in [1.165, 1.54) is 5.56 Å². The van der Waals surface area contributed by atoms with Crippen LogP contribution in [0.2, 0.25) is 0 Å². The lowest BCUT2D eigenvalue weighted by molar-refractivity contribution is -0.132. The third-order valence-corrected chi connectivity index (χ3v) is 6.42. The summed E-state index contributed by atoms with van der Waals surface area (Å²) in [5.74, 6) is 0.0439. The highest BCUT2D eigenvalue weighted by atomic mass is 79.9. The van der Waals surface area contributed by atoms with Gasteiger partial charge in [0.25, 0.3) is 0 Å². The van der Waals surface area contributed by atoms with Crippen LogP contribution in [0.25, 0.3) is 0 Å². The molecule has 2 saturated heterocycles. The van der Waals surface area contributed by atoms with E-state index >= 15 is 0 Å². The predicted molar refractivity (Wildman–Crippen MR) is 121 cm³/mol. The molecular weight excluding hydrogens is 444 g/mol. The number of urea groups is 1. The maximum Gasteiger partial charge on any atom is 0.319 e. The van der Waals surface area contributed by atoms with Crippen molar-refractivity contribution >= 4 is 33.6 Å². The van der Waals surface area contributed by atoms with Gasteiger partial charge in [-0.15, -0.1) is 0 Å². The summed E-state index contributed by atoms with van der Waals surface area (Å²) in [6.45, 7) is 3.66. The monoisotopic (exact) mass is 470 g/mol. The molecule has 0 saturated carbocycles. The second-order valence-corrected chi connectivity index (χ2v) is 8.89. The van der Waals surface area contributed by atoms with E-state index in [4.69, 9.17) is 0 Å².